The van der Waals surface area contributed by atoms with E-state index in [1.165, 1.54) is 23.1 Å². The molecule has 0 saturated heterocycles. The minimum atomic E-state index is -0.235. The fraction of sp³-hybridized carbons (Fsp3) is 0.357. The van der Waals surface area contributed by atoms with Crippen LogP contribution in [0.15, 0.2) is 28.6 Å². The van der Waals surface area contributed by atoms with E-state index in [0.717, 1.165) is 9.47 Å². The fourth-order valence-electron chi connectivity index (χ4n) is 1.64. The summed E-state index contributed by atoms with van der Waals surface area (Å²) in [5.74, 6) is 0.0470. The lowest BCUT2D eigenvalue weighted by Crippen LogP contribution is -2.13. The standard InChI is InChI=1S/C14H16ClN3O2S2/c1-9(12(19)10-3-5-11(15)6-4-10)21-14-18-17-13(22-14)16-7-8-20-2/h3-6,9H,7-8H2,1-2H3,(H,16,17). The van der Waals surface area contributed by atoms with Crippen molar-refractivity contribution in [3.63, 3.8) is 0 Å². The molecule has 0 amide bonds. The summed E-state index contributed by atoms with van der Waals surface area (Å²) >= 11 is 8.66. The fourth-order valence-corrected chi connectivity index (χ4v) is 3.77. The van der Waals surface area contributed by atoms with Gasteiger partial charge in [-0.2, -0.15) is 0 Å². The van der Waals surface area contributed by atoms with Gasteiger partial charge in [0.25, 0.3) is 0 Å². The van der Waals surface area contributed by atoms with Gasteiger partial charge in [-0.3, -0.25) is 4.79 Å². The molecule has 0 radical (unpaired) electrons. The number of halogens is 1. The Hall–Kier alpha value is -1.15. The van der Waals surface area contributed by atoms with Crippen LogP contribution in [-0.2, 0) is 4.74 Å². The summed E-state index contributed by atoms with van der Waals surface area (Å²) in [7, 11) is 1.65. The van der Waals surface area contributed by atoms with E-state index < -0.39 is 0 Å². The molecule has 5 nitrogen and oxygen atoms in total. The molecule has 1 aromatic carbocycles. The van der Waals surface area contributed by atoms with Crippen LogP contribution < -0.4 is 5.32 Å². The largest absolute Gasteiger partial charge is 0.383 e. The number of aromatic nitrogens is 2. The molecule has 2 aromatic rings. The summed E-state index contributed by atoms with van der Waals surface area (Å²) in [5.41, 5.74) is 0.646. The molecular weight excluding hydrogens is 342 g/mol. The van der Waals surface area contributed by atoms with Crippen molar-refractivity contribution in [1.82, 2.24) is 10.2 Å². The highest BCUT2D eigenvalue weighted by Crippen LogP contribution is 2.30. The van der Waals surface area contributed by atoms with Crippen molar-refractivity contribution >= 4 is 45.6 Å². The molecule has 1 N–H and O–H groups in total. The van der Waals surface area contributed by atoms with E-state index in [9.17, 15) is 4.79 Å². The van der Waals surface area contributed by atoms with Crippen molar-refractivity contribution < 1.29 is 9.53 Å². The number of benzene rings is 1. The van der Waals surface area contributed by atoms with Crippen molar-refractivity contribution in [3.05, 3.63) is 34.9 Å². The first kappa shape index (κ1) is 17.2. The van der Waals surface area contributed by atoms with E-state index in [1.807, 2.05) is 6.92 Å². The van der Waals surface area contributed by atoms with Crippen molar-refractivity contribution in [3.8, 4) is 0 Å². The van der Waals surface area contributed by atoms with E-state index in [0.29, 0.717) is 23.7 Å². The molecule has 1 unspecified atom stereocenters. The highest BCUT2D eigenvalue weighted by atomic mass is 35.5. The lowest BCUT2D eigenvalue weighted by molar-refractivity contribution is 0.0994. The second-order valence-electron chi connectivity index (χ2n) is 4.42. The molecule has 0 spiro atoms. The van der Waals surface area contributed by atoms with Crippen molar-refractivity contribution in [1.29, 1.82) is 0 Å². The molecule has 1 atom stereocenters. The van der Waals surface area contributed by atoms with Crippen LogP contribution >= 0.6 is 34.7 Å². The number of ether oxygens (including phenoxy) is 1. The number of hydrogen-bond acceptors (Lipinski definition) is 7. The number of nitrogens with zero attached hydrogens (tertiary/aromatic N) is 2. The Kier molecular flexibility index (Phi) is 6.63. The summed E-state index contributed by atoms with van der Waals surface area (Å²) in [6.07, 6.45) is 0. The first-order valence-electron chi connectivity index (χ1n) is 6.63. The quantitative estimate of drug-likeness (QED) is 0.442. The Morgan fingerprint density at radius 2 is 2.14 bits per heavy atom. The molecule has 2 rings (SSSR count). The summed E-state index contributed by atoms with van der Waals surface area (Å²) in [5, 5.41) is 12.3. The van der Waals surface area contributed by atoms with Crippen molar-refractivity contribution in [2.24, 2.45) is 0 Å². The first-order valence-corrected chi connectivity index (χ1v) is 8.70. The predicted octanol–water partition coefficient (Wildman–Crippen LogP) is 3.61. The molecule has 22 heavy (non-hydrogen) atoms. The average Bonchev–Trinajstić information content (AvgIpc) is 2.95. The normalized spacial score (nSPS) is 12.1. The van der Waals surface area contributed by atoms with Gasteiger partial charge in [0, 0.05) is 24.2 Å². The van der Waals surface area contributed by atoms with Gasteiger partial charge in [0.05, 0.1) is 11.9 Å². The van der Waals surface area contributed by atoms with Crippen LogP contribution in [0.2, 0.25) is 5.02 Å². The lowest BCUT2D eigenvalue weighted by Gasteiger charge is -2.07. The number of nitrogens with one attached hydrogen (secondary N) is 1. The zero-order chi connectivity index (χ0) is 15.9. The molecule has 0 fully saturated rings. The number of methoxy groups -OCH3 is 1. The molecule has 0 aliphatic rings. The third-order valence-corrected chi connectivity index (χ3v) is 5.08. The van der Waals surface area contributed by atoms with Crippen LogP contribution in [0.4, 0.5) is 5.13 Å². The topological polar surface area (TPSA) is 64.1 Å². The van der Waals surface area contributed by atoms with Crippen LogP contribution in [0.1, 0.15) is 17.3 Å². The average molecular weight is 358 g/mol. The van der Waals surface area contributed by atoms with E-state index in [2.05, 4.69) is 15.5 Å². The van der Waals surface area contributed by atoms with Crippen molar-refractivity contribution in [2.45, 2.75) is 16.5 Å². The number of carbonyl (C=O) groups excluding carboxylic acids is 1. The van der Waals surface area contributed by atoms with E-state index in [1.54, 1.807) is 31.4 Å². The van der Waals surface area contributed by atoms with Crippen molar-refractivity contribution in [2.75, 3.05) is 25.6 Å². The van der Waals surface area contributed by atoms with Gasteiger partial charge in [-0.1, -0.05) is 34.7 Å². The molecular formula is C14H16ClN3O2S2. The number of anilines is 1. The number of carbonyl (C=O) groups is 1. The summed E-state index contributed by atoms with van der Waals surface area (Å²) < 4.78 is 5.72. The van der Waals surface area contributed by atoms with E-state index >= 15 is 0 Å². The summed E-state index contributed by atoms with van der Waals surface area (Å²) in [4.78, 5) is 12.3. The van der Waals surface area contributed by atoms with Gasteiger partial charge in [0.15, 0.2) is 10.1 Å². The second kappa shape index (κ2) is 8.47. The maximum absolute atomic E-state index is 12.3. The SMILES string of the molecule is COCCNc1nnc(SC(C)C(=O)c2ccc(Cl)cc2)s1. The van der Waals surface area contributed by atoms with E-state index in [-0.39, 0.29) is 11.0 Å². The molecule has 118 valence electrons. The molecule has 0 aliphatic carbocycles. The highest BCUT2D eigenvalue weighted by molar-refractivity contribution is 8.02. The maximum Gasteiger partial charge on any atom is 0.206 e. The molecule has 0 bridgehead atoms. The summed E-state index contributed by atoms with van der Waals surface area (Å²) in [6, 6.07) is 6.91. The van der Waals surface area contributed by atoms with Crippen LogP contribution in [0.25, 0.3) is 0 Å². The summed E-state index contributed by atoms with van der Waals surface area (Å²) in [6.45, 7) is 3.14. The smallest absolute Gasteiger partial charge is 0.206 e. The first-order chi connectivity index (χ1) is 10.6. The van der Waals surface area contributed by atoms with Gasteiger partial charge in [0.2, 0.25) is 5.13 Å². The zero-order valence-corrected chi connectivity index (χ0v) is 14.6. The molecule has 0 saturated carbocycles. The highest BCUT2D eigenvalue weighted by Gasteiger charge is 2.18. The van der Waals surface area contributed by atoms with Gasteiger partial charge in [-0.25, -0.2) is 0 Å². The third-order valence-electron chi connectivity index (χ3n) is 2.76. The number of ketones is 1. The number of thioether (sulfide) groups is 1. The van der Waals surface area contributed by atoms with Gasteiger partial charge in [0.1, 0.15) is 0 Å². The van der Waals surface area contributed by atoms with E-state index in [4.69, 9.17) is 16.3 Å². The maximum atomic E-state index is 12.3. The number of rotatable bonds is 8. The molecule has 0 aliphatic heterocycles. The third kappa shape index (κ3) is 4.95. The minimum Gasteiger partial charge on any atom is -0.383 e. The molecule has 8 heteroatoms. The molecule has 1 aromatic heterocycles. The van der Waals surface area contributed by atoms with Gasteiger partial charge in [-0.15, -0.1) is 10.2 Å². The van der Waals surface area contributed by atoms with Crippen LogP contribution in [-0.4, -0.2) is 41.5 Å². The van der Waals surface area contributed by atoms with Gasteiger partial charge >= 0.3 is 0 Å². The molecule has 1 heterocycles. The van der Waals surface area contributed by atoms with Crippen LogP contribution in [0.5, 0.6) is 0 Å². The monoisotopic (exact) mass is 357 g/mol. The van der Waals surface area contributed by atoms with Gasteiger partial charge < -0.3 is 10.1 Å². The Morgan fingerprint density at radius 3 is 2.82 bits per heavy atom. The Morgan fingerprint density at radius 1 is 1.41 bits per heavy atom. The second-order valence-corrected chi connectivity index (χ2v) is 7.43. The zero-order valence-electron chi connectivity index (χ0n) is 12.2. The van der Waals surface area contributed by atoms with Crippen LogP contribution in [0, 0.1) is 0 Å². The Labute approximate surface area is 142 Å². The number of hydrogen-bond donors (Lipinski definition) is 1. The van der Waals surface area contributed by atoms with Gasteiger partial charge in [-0.05, 0) is 31.2 Å². The Balaban J connectivity index is 1.92. The van der Waals surface area contributed by atoms with Crippen LogP contribution in [0.3, 0.4) is 0 Å². The minimum absolute atomic E-state index is 0.0470. The Bertz CT molecular complexity index is 619. The lowest BCUT2D eigenvalue weighted by atomic mass is 10.1. The number of Topliss-reactive ketones (excluding diaryl/α,β-unsaturated/α-hetero) is 1. The predicted molar refractivity (Wildman–Crippen MR) is 91.4 cm³/mol.